The van der Waals surface area contributed by atoms with Gasteiger partial charge in [-0.05, 0) is 37.5 Å². The maximum atomic E-state index is 4.55. The molecule has 2 unspecified atom stereocenters. The Kier molecular flexibility index (Phi) is 3.79. The molecule has 1 N–H and O–H groups in total. The number of hydrogen-bond donors (Lipinski definition) is 1. The minimum Gasteiger partial charge on any atom is -0.317 e. The molecular weight excluding hydrogens is 228 g/mol. The van der Waals surface area contributed by atoms with Crippen LogP contribution in [0.2, 0.25) is 0 Å². The van der Waals surface area contributed by atoms with E-state index in [0.29, 0.717) is 17.9 Å². The lowest BCUT2D eigenvalue weighted by molar-refractivity contribution is 0.402. The number of aromatic nitrogens is 1. The lowest BCUT2D eigenvalue weighted by atomic mass is 9.86. The summed E-state index contributed by atoms with van der Waals surface area (Å²) in [6.07, 6.45) is 0. The number of nitrogens with zero attached hydrogens (tertiary/aromatic N) is 1. The molecular formula is C14H20N2S. The van der Waals surface area contributed by atoms with Crippen molar-refractivity contribution in [3.63, 3.8) is 0 Å². The SMILES string of the molecule is CNC(C)C(c1snc2ccccc12)C(C)C. The molecule has 2 nitrogen and oxygen atoms in total. The molecule has 0 saturated carbocycles. The van der Waals surface area contributed by atoms with Crippen LogP contribution in [0.3, 0.4) is 0 Å². The van der Waals surface area contributed by atoms with E-state index in [1.807, 2.05) is 7.05 Å². The first-order valence-electron chi connectivity index (χ1n) is 6.16. The van der Waals surface area contributed by atoms with Gasteiger partial charge in [0.25, 0.3) is 0 Å². The van der Waals surface area contributed by atoms with Gasteiger partial charge in [-0.2, -0.15) is 4.37 Å². The number of benzene rings is 1. The van der Waals surface area contributed by atoms with E-state index >= 15 is 0 Å². The Hall–Kier alpha value is -0.930. The summed E-state index contributed by atoms with van der Waals surface area (Å²) in [5.74, 6) is 1.14. The first-order chi connectivity index (χ1) is 8.15. The van der Waals surface area contributed by atoms with Gasteiger partial charge >= 0.3 is 0 Å². The highest BCUT2D eigenvalue weighted by Crippen LogP contribution is 2.35. The van der Waals surface area contributed by atoms with Gasteiger partial charge in [0.1, 0.15) is 0 Å². The van der Waals surface area contributed by atoms with Crippen molar-refractivity contribution in [2.24, 2.45) is 5.92 Å². The highest BCUT2D eigenvalue weighted by Gasteiger charge is 2.25. The molecule has 17 heavy (non-hydrogen) atoms. The van der Waals surface area contributed by atoms with Crippen molar-refractivity contribution in [1.82, 2.24) is 9.69 Å². The Morgan fingerprint density at radius 2 is 1.88 bits per heavy atom. The second-order valence-corrected chi connectivity index (χ2v) is 5.72. The molecule has 0 fully saturated rings. The molecule has 1 aromatic heterocycles. The molecule has 0 aliphatic heterocycles. The summed E-state index contributed by atoms with van der Waals surface area (Å²) in [4.78, 5) is 1.41. The zero-order valence-electron chi connectivity index (χ0n) is 10.9. The maximum absolute atomic E-state index is 4.55. The van der Waals surface area contributed by atoms with Gasteiger partial charge in [-0.3, -0.25) is 0 Å². The van der Waals surface area contributed by atoms with E-state index < -0.39 is 0 Å². The average molecular weight is 248 g/mol. The van der Waals surface area contributed by atoms with Gasteiger partial charge in [0.2, 0.25) is 0 Å². The fourth-order valence-corrected chi connectivity index (χ4v) is 3.66. The minimum atomic E-state index is 0.471. The van der Waals surface area contributed by atoms with E-state index in [9.17, 15) is 0 Å². The Labute approximate surface area is 107 Å². The van der Waals surface area contributed by atoms with Crippen LogP contribution in [0.1, 0.15) is 31.6 Å². The van der Waals surface area contributed by atoms with Gasteiger partial charge in [-0.1, -0.05) is 32.0 Å². The van der Waals surface area contributed by atoms with E-state index in [1.165, 1.54) is 10.3 Å². The number of hydrogen-bond acceptors (Lipinski definition) is 3. The third kappa shape index (κ3) is 2.35. The van der Waals surface area contributed by atoms with Crippen LogP contribution in [0.25, 0.3) is 10.9 Å². The standard InChI is InChI=1S/C14H20N2S/c1-9(2)13(10(3)15-4)14-11-7-5-6-8-12(11)16-17-14/h5-10,13,15H,1-4H3. The van der Waals surface area contributed by atoms with Gasteiger partial charge in [0, 0.05) is 22.2 Å². The smallest absolute Gasteiger partial charge is 0.0843 e. The van der Waals surface area contributed by atoms with E-state index in [1.54, 1.807) is 11.5 Å². The van der Waals surface area contributed by atoms with Crippen LogP contribution in [0, 0.1) is 5.92 Å². The van der Waals surface area contributed by atoms with Crippen molar-refractivity contribution < 1.29 is 0 Å². The molecule has 1 aromatic carbocycles. The second-order valence-electron chi connectivity index (χ2n) is 4.91. The van der Waals surface area contributed by atoms with Crippen LogP contribution >= 0.6 is 11.5 Å². The van der Waals surface area contributed by atoms with E-state index in [0.717, 1.165) is 5.52 Å². The molecule has 0 bridgehead atoms. The van der Waals surface area contributed by atoms with Gasteiger partial charge in [-0.25, -0.2) is 0 Å². The fourth-order valence-electron chi connectivity index (χ4n) is 2.44. The topological polar surface area (TPSA) is 24.9 Å². The van der Waals surface area contributed by atoms with E-state index in [2.05, 4.69) is 54.7 Å². The summed E-state index contributed by atoms with van der Waals surface area (Å²) in [5, 5.41) is 4.70. The molecule has 0 amide bonds. The van der Waals surface area contributed by atoms with Crippen LogP contribution in [0.15, 0.2) is 24.3 Å². The molecule has 0 radical (unpaired) electrons. The van der Waals surface area contributed by atoms with Crippen molar-refractivity contribution in [3.8, 4) is 0 Å². The zero-order chi connectivity index (χ0) is 12.4. The predicted molar refractivity (Wildman–Crippen MR) is 75.7 cm³/mol. The summed E-state index contributed by atoms with van der Waals surface area (Å²) in [5.41, 5.74) is 1.13. The third-order valence-electron chi connectivity index (χ3n) is 3.43. The molecule has 2 aromatic rings. The monoisotopic (exact) mass is 248 g/mol. The minimum absolute atomic E-state index is 0.471. The van der Waals surface area contributed by atoms with Gasteiger partial charge in [0.15, 0.2) is 0 Å². The van der Waals surface area contributed by atoms with Crippen molar-refractivity contribution in [3.05, 3.63) is 29.1 Å². The summed E-state index contributed by atoms with van der Waals surface area (Å²) in [7, 11) is 2.03. The van der Waals surface area contributed by atoms with E-state index in [-0.39, 0.29) is 0 Å². The van der Waals surface area contributed by atoms with Gasteiger partial charge in [-0.15, -0.1) is 0 Å². The number of rotatable bonds is 4. The maximum Gasteiger partial charge on any atom is 0.0843 e. The van der Waals surface area contributed by atoms with Gasteiger partial charge < -0.3 is 5.32 Å². The van der Waals surface area contributed by atoms with Crippen molar-refractivity contribution in [2.75, 3.05) is 7.05 Å². The molecule has 0 aliphatic rings. The summed E-state index contributed by atoms with van der Waals surface area (Å²) in [6, 6.07) is 8.90. The van der Waals surface area contributed by atoms with Crippen LogP contribution in [0.4, 0.5) is 0 Å². The third-order valence-corrected chi connectivity index (χ3v) is 4.40. The van der Waals surface area contributed by atoms with Crippen LogP contribution in [-0.2, 0) is 0 Å². The van der Waals surface area contributed by atoms with Gasteiger partial charge in [0.05, 0.1) is 5.52 Å². The number of likely N-dealkylation sites (N-methyl/N-ethyl adjacent to an activating group) is 1. The quantitative estimate of drug-likeness (QED) is 0.893. The van der Waals surface area contributed by atoms with Crippen molar-refractivity contribution in [2.45, 2.75) is 32.7 Å². The van der Waals surface area contributed by atoms with Crippen LogP contribution in [-0.4, -0.2) is 17.5 Å². The van der Waals surface area contributed by atoms with Crippen LogP contribution < -0.4 is 5.32 Å². The molecule has 1 heterocycles. The van der Waals surface area contributed by atoms with E-state index in [4.69, 9.17) is 0 Å². The predicted octanol–water partition coefficient (Wildman–Crippen LogP) is 3.64. The largest absolute Gasteiger partial charge is 0.317 e. The number of nitrogens with one attached hydrogen (secondary N) is 1. The Morgan fingerprint density at radius 1 is 1.18 bits per heavy atom. The fraction of sp³-hybridized carbons (Fsp3) is 0.500. The molecule has 0 spiro atoms. The lowest BCUT2D eigenvalue weighted by Crippen LogP contribution is -2.31. The highest BCUT2D eigenvalue weighted by molar-refractivity contribution is 7.07. The van der Waals surface area contributed by atoms with Crippen molar-refractivity contribution in [1.29, 1.82) is 0 Å². The molecule has 0 saturated heterocycles. The van der Waals surface area contributed by atoms with Crippen LogP contribution in [0.5, 0.6) is 0 Å². The summed E-state index contributed by atoms with van der Waals surface area (Å²) >= 11 is 1.65. The first kappa shape index (κ1) is 12.5. The summed E-state index contributed by atoms with van der Waals surface area (Å²) in [6.45, 7) is 6.82. The molecule has 0 aliphatic carbocycles. The molecule has 92 valence electrons. The molecule has 3 heteroatoms. The average Bonchev–Trinajstić information content (AvgIpc) is 2.73. The second kappa shape index (κ2) is 5.15. The molecule has 2 rings (SSSR count). The summed E-state index contributed by atoms with van der Waals surface area (Å²) < 4.78 is 4.55. The van der Waals surface area contributed by atoms with Crippen molar-refractivity contribution >= 4 is 22.4 Å². The number of fused-ring (bicyclic) bond motifs is 1. The first-order valence-corrected chi connectivity index (χ1v) is 6.94. The zero-order valence-corrected chi connectivity index (χ0v) is 11.7. The molecule has 2 atom stereocenters. The Bertz CT molecular complexity index is 490. The normalized spacial score (nSPS) is 15.4. The lowest BCUT2D eigenvalue weighted by Gasteiger charge is -2.26. The Balaban J connectivity index is 2.49. The Morgan fingerprint density at radius 3 is 2.53 bits per heavy atom. The highest BCUT2D eigenvalue weighted by atomic mass is 32.1.